The Bertz CT molecular complexity index is 244. The molecule has 15 heavy (non-hydrogen) atoms. The van der Waals surface area contributed by atoms with Gasteiger partial charge in [0.2, 0.25) is 0 Å². The van der Waals surface area contributed by atoms with Crippen LogP contribution in [0.1, 0.15) is 12.8 Å². The SMILES string of the molecule is C=CCSC(N)=NCCC[C@H](N)C(=O)O. The average Bonchev–Trinajstić information content (AvgIpc) is 2.20. The Morgan fingerprint density at radius 1 is 1.67 bits per heavy atom. The van der Waals surface area contributed by atoms with Crippen molar-refractivity contribution in [1.29, 1.82) is 0 Å². The van der Waals surface area contributed by atoms with Crippen molar-refractivity contribution in [2.75, 3.05) is 12.3 Å². The van der Waals surface area contributed by atoms with E-state index in [1.165, 1.54) is 11.8 Å². The molecule has 0 aromatic carbocycles. The summed E-state index contributed by atoms with van der Waals surface area (Å²) in [5.41, 5.74) is 10.9. The minimum atomic E-state index is -0.979. The van der Waals surface area contributed by atoms with Gasteiger partial charge >= 0.3 is 5.97 Å². The maximum absolute atomic E-state index is 10.4. The van der Waals surface area contributed by atoms with Crippen molar-refractivity contribution in [2.45, 2.75) is 18.9 Å². The highest BCUT2D eigenvalue weighted by atomic mass is 32.2. The molecule has 6 heteroatoms. The normalized spacial score (nSPS) is 13.5. The van der Waals surface area contributed by atoms with Gasteiger partial charge in [0.15, 0.2) is 5.17 Å². The third-order valence-corrected chi connectivity index (χ3v) is 2.43. The largest absolute Gasteiger partial charge is 0.480 e. The van der Waals surface area contributed by atoms with Crippen LogP contribution in [0, 0.1) is 0 Å². The lowest BCUT2D eigenvalue weighted by molar-refractivity contribution is -0.138. The number of hydrogen-bond donors (Lipinski definition) is 3. The zero-order chi connectivity index (χ0) is 11.7. The number of thioether (sulfide) groups is 1. The molecule has 0 saturated carbocycles. The number of rotatable bonds is 7. The van der Waals surface area contributed by atoms with E-state index >= 15 is 0 Å². The van der Waals surface area contributed by atoms with Crippen LogP contribution in [0.15, 0.2) is 17.6 Å². The molecule has 0 aromatic heterocycles. The average molecular weight is 231 g/mol. The second-order valence-electron chi connectivity index (χ2n) is 2.91. The summed E-state index contributed by atoms with van der Waals surface area (Å²) >= 11 is 1.40. The molecule has 0 bridgehead atoms. The van der Waals surface area contributed by atoms with Gasteiger partial charge in [-0.05, 0) is 12.8 Å². The summed E-state index contributed by atoms with van der Waals surface area (Å²) in [6.45, 7) is 4.07. The number of aliphatic imine (C=N–C) groups is 1. The molecule has 0 aliphatic rings. The summed E-state index contributed by atoms with van der Waals surface area (Å²) in [6, 6.07) is -0.803. The minimum Gasteiger partial charge on any atom is -0.480 e. The zero-order valence-corrected chi connectivity index (χ0v) is 9.37. The summed E-state index contributed by atoms with van der Waals surface area (Å²) < 4.78 is 0. The standard InChI is InChI=1S/C9H17N3O2S/c1-2-6-15-9(11)12-5-3-4-7(10)8(13)14/h2,7H,1,3-6,10H2,(H2,11,12)(H,13,14)/t7-/m0/s1. The third-order valence-electron chi connectivity index (χ3n) is 1.61. The van der Waals surface area contributed by atoms with Crippen molar-refractivity contribution >= 4 is 22.9 Å². The Kier molecular flexibility index (Phi) is 7.75. The smallest absolute Gasteiger partial charge is 0.320 e. The molecule has 0 spiro atoms. The maximum Gasteiger partial charge on any atom is 0.320 e. The predicted octanol–water partition coefficient (Wildman–Crippen LogP) is 0.412. The number of amidine groups is 1. The number of nitrogens with two attached hydrogens (primary N) is 2. The van der Waals surface area contributed by atoms with Crippen LogP contribution in [0.3, 0.4) is 0 Å². The van der Waals surface area contributed by atoms with Gasteiger partial charge in [0.1, 0.15) is 6.04 Å². The first kappa shape index (κ1) is 14.0. The molecule has 0 fully saturated rings. The number of hydrogen-bond acceptors (Lipinski definition) is 4. The van der Waals surface area contributed by atoms with Crippen LogP contribution in [0.5, 0.6) is 0 Å². The molecular formula is C9H17N3O2S. The molecule has 0 rings (SSSR count). The predicted molar refractivity (Wildman–Crippen MR) is 64.0 cm³/mol. The van der Waals surface area contributed by atoms with Crippen LogP contribution in [-0.4, -0.2) is 34.6 Å². The quantitative estimate of drug-likeness (QED) is 0.255. The molecule has 1 atom stereocenters. The molecule has 0 aromatic rings. The first-order valence-corrected chi connectivity index (χ1v) is 5.58. The first-order chi connectivity index (χ1) is 7.07. The summed E-state index contributed by atoms with van der Waals surface area (Å²) in [6.07, 6.45) is 2.79. The monoisotopic (exact) mass is 231 g/mol. The fraction of sp³-hybridized carbons (Fsp3) is 0.556. The van der Waals surface area contributed by atoms with Crippen molar-refractivity contribution in [3.05, 3.63) is 12.7 Å². The van der Waals surface area contributed by atoms with Crippen LogP contribution in [0.25, 0.3) is 0 Å². The lowest BCUT2D eigenvalue weighted by Crippen LogP contribution is -2.30. The van der Waals surface area contributed by atoms with Gasteiger partial charge in [0.25, 0.3) is 0 Å². The lowest BCUT2D eigenvalue weighted by atomic mass is 10.2. The van der Waals surface area contributed by atoms with Crippen LogP contribution in [0.4, 0.5) is 0 Å². The number of carboxylic acids is 1. The van der Waals surface area contributed by atoms with E-state index in [1.807, 2.05) is 0 Å². The molecule has 5 nitrogen and oxygen atoms in total. The van der Waals surface area contributed by atoms with E-state index < -0.39 is 12.0 Å². The van der Waals surface area contributed by atoms with Gasteiger partial charge in [0, 0.05) is 12.3 Å². The molecule has 0 aliphatic heterocycles. The highest BCUT2D eigenvalue weighted by molar-refractivity contribution is 8.13. The van der Waals surface area contributed by atoms with Crippen LogP contribution < -0.4 is 11.5 Å². The van der Waals surface area contributed by atoms with Gasteiger partial charge in [-0.1, -0.05) is 17.8 Å². The molecule has 5 N–H and O–H groups in total. The van der Waals surface area contributed by atoms with E-state index in [-0.39, 0.29) is 0 Å². The summed E-state index contributed by atoms with van der Waals surface area (Å²) in [5, 5.41) is 9.00. The Balaban J connectivity index is 3.59. The zero-order valence-electron chi connectivity index (χ0n) is 8.56. The van der Waals surface area contributed by atoms with Gasteiger partial charge < -0.3 is 16.6 Å². The highest BCUT2D eigenvalue weighted by Gasteiger charge is 2.09. The van der Waals surface area contributed by atoms with Crippen LogP contribution >= 0.6 is 11.8 Å². The van der Waals surface area contributed by atoms with Crippen LogP contribution in [-0.2, 0) is 4.79 Å². The van der Waals surface area contributed by atoms with E-state index in [4.69, 9.17) is 16.6 Å². The first-order valence-electron chi connectivity index (χ1n) is 4.60. The van der Waals surface area contributed by atoms with E-state index in [1.54, 1.807) is 6.08 Å². The molecule has 0 heterocycles. The van der Waals surface area contributed by atoms with Gasteiger partial charge in [-0.25, -0.2) is 0 Å². The van der Waals surface area contributed by atoms with Crippen LogP contribution in [0.2, 0.25) is 0 Å². The maximum atomic E-state index is 10.4. The Morgan fingerprint density at radius 3 is 2.87 bits per heavy atom. The van der Waals surface area contributed by atoms with E-state index in [0.717, 1.165) is 5.75 Å². The number of aliphatic carboxylic acids is 1. The van der Waals surface area contributed by atoms with Crippen molar-refractivity contribution in [3.63, 3.8) is 0 Å². The van der Waals surface area contributed by atoms with E-state index in [0.29, 0.717) is 24.6 Å². The lowest BCUT2D eigenvalue weighted by Gasteiger charge is -2.04. The second kappa shape index (κ2) is 8.31. The van der Waals surface area contributed by atoms with Gasteiger partial charge in [-0.3, -0.25) is 9.79 Å². The summed E-state index contributed by atoms with van der Waals surface area (Å²) in [4.78, 5) is 14.4. The second-order valence-corrected chi connectivity index (χ2v) is 3.95. The molecular weight excluding hydrogens is 214 g/mol. The van der Waals surface area contributed by atoms with E-state index in [9.17, 15) is 4.79 Å². The molecule has 0 radical (unpaired) electrons. The third kappa shape index (κ3) is 8.02. The molecule has 0 amide bonds. The number of carboxylic acid groups (broad SMARTS) is 1. The molecule has 0 unspecified atom stereocenters. The van der Waals surface area contributed by atoms with E-state index in [2.05, 4.69) is 11.6 Å². The van der Waals surface area contributed by atoms with Gasteiger partial charge in [-0.15, -0.1) is 6.58 Å². The minimum absolute atomic E-state index is 0.415. The molecule has 0 aliphatic carbocycles. The van der Waals surface area contributed by atoms with Gasteiger partial charge in [-0.2, -0.15) is 0 Å². The van der Waals surface area contributed by atoms with Crippen molar-refractivity contribution in [3.8, 4) is 0 Å². The Hall–Kier alpha value is -1.01. The van der Waals surface area contributed by atoms with Crippen molar-refractivity contribution < 1.29 is 9.90 Å². The van der Waals surface area contributed by atoms with Gasteiger partial charge in [0.05, 0.1) is 0 Å². The number of carbonyl (C=O) groups is 1. The summed E-state index contributed by atoms with van der Waals surface area (Å²) in [5.74, 6) is -0.253. The fourth-order valence-electron chi connectivity index (χ4n) is 0.814. The highest BCUT2D eigenvalue weighted by Crippen LogP contribution is 2.01. The number of nitrogens with zero attached hydrogens (tertiary/aromatic N) is 1. The topological polar surface area (TPSA) is 102 Å². The Morgan fingerprint density at radius 2 is 2.33 bits per heavy atom. The van der Waals surface area contributed by atoms with Crippen molar-refractivity contribution in [1.82, 2.24) is 0 Å². The van der Waals surface area contributed by atoms with Crippen molar-refractivity contribution in [2.24, 2.45) is 16.5 Å². The molecule has 86 valence electrons. The fourth-order valence-corrected chi connectivity index (χ4v) is 1.29. The molecule has 0 saturated heterocycles. The Labute approximate surface area is 93.6 Å². The summed E-state index contributed by atoms with van der Waals surface area (Å²) in [7, 11) is 0.